The summed E-state index contributed by atoms with van der Waals surface area (Å²) in [6.07, 6.45) is 2.90. The minimum absolute atomic E-state index is 0.0322. The summed E-state index contributed by atoms with van der Waals surface area (Å²) >= 11 is 0. The fourth-order valence-electron chi connectivity index (χ4n) is 3.14. The van der Waals surface area contributed by atoms with Gasteiger partial charge in [-0.15, -0.1) is 0 Å². The highest BCUT2D eigenvalue weighted by molar-refractivity contribution is 7.92. The Labute approximate surface area is 162 Å². The van der Waals surface area contributed by atoms with Gasteiger partial charge in [0, 0.05) is 32.6 Å². The fourth-order valence-corrected chi connectivity index (χ4v) is 4.16. The Balaban J connectivity index is 1.71. The van der Waals surface area contributed by atoms with Gasteiger partial charge in [-0.1, -0.05) is 18.2 Å². The first kappa shape index (κ1) is 21.7. The second kappa shape index (κ2) is 10.6. The molecule has 1 aliphatic heterocycles. The summed E-state index contributed by atoms with van der Waals surface area (Å²) in [5, 5.41) is 2.92. The van der Waals surface area contributed by atoms with Gasteiger partial charge >= 0.3 is 0 Å². The number of amides is 1. The van der Waals surface area contributed by atoms with Crippen molar-refractivity contribution >= 4 is 21.6 Å². The van der Waals surface area contributed by atoms with Gasteiger partial charge in [-0.25, -0.2) is 8.42 Å². The molecule has 1 aliphatic rings. The Hall–Kier alpha value is -1.64. The summed E-state index contributed by atoms with van der Waals surface area (Å²) in [4.78, 5) is 14.4. The van der Waals surface area contributed by atoms with E-state index in [0.29, 0.717) is 31.6 Å². The molecule has 0 aromatic heterocycles. The highest BCUT2D eigenvalue weighted by Crippen LogP contribution is 2.22. The molecule has 0 spiro atoms. The Morgan fingerprint density at radius 1 is 1.22 bits per heavy atom. The number of sulfonamides is 1. The van der Waals surface area contributed by atoms with Crippen LogP contribution in [-0.2, 0) is 19.6 Å². The third-order valence-corrected chi connectivity index (χ3v) is 5.81. The van der Waals surface area contributed by atoms with Gasteiger partial charge in [-0.2, -0.15) is 0 Å². The van der Waals surface area contributed by atoms with Gasteiger partial charge in [0.15, 0.2) is 0 Å². The van der Waals surface area contributed by atoms with Crippen LogP contribution in [0, 0.1) is 6.92 Å². The number of morpholine rings is 1. The van der Waals surface area contributed by atoms with Crippen molar-refractivity contribution in [2.45, 2.75) is 26.2 Å². The first-order valence-electron chi connectivity index (χ1n) is 9.48. The molecule has 1 saturated heterocycles. The molecule has 1 aromatic carbocycles. The molecule has 1 amide bonds. The lowest BCUT2D eigenvalue weighted by Gasteiger charge is -2.26. The zero-order chi connectivity index (χ0) is 19.7. The minimum atomic E-state index is -3.39. The van der Waals surface area contributed by atoms with Crippen molar-refractivity contribution in [3.63, 3.8) is 0 Å². The predicted octanol–water partition coefficient (Wildman–Crippen LogP) is 1.38. The summed E-state index contributed by atoms with van der Waals surface area (Å²) in [7, 11) is -3.39. The molecule has 8 heteroatoms. The number of nitrogens with one attached hydrogen (secondary N) is 1. The number of ether oxygens (including phenoxy) is 1. The summed E-state index contributed by atoms with van der Waals surface area (Å²) in [6.45, 7) is 7.25. The lowest BCUT2D eigenvalue weighted by atomic mass is 10.2. The molecule has 0 saturated carbocycles. The number of carbonyl (C=O) groups excluding carboxylic acids is 1. The molecular formula is C19H31N3O4S. The summed E-state index contributed by atoms with van der Waals surface area (Å²) < 4.78 is 31.0. The van der Waals surface area contributed by atoms with E-state index in [4.69, 9.17) is 4.74 Å². The van der Waals surface area contributed by atoms with Crippen molar-refractivity contribution in [2.75, 3.05) is 56.5 Å². The number of hydrogen-bond acceptors (Lipinski definition) is 5. The van der Waals surface area contributed by atoms with Crippen LogP contribution in [0.25, 0.3) is 0 Å². The molecule has 1 aromatic rings. The summed E-state index contributed by atoms with van der Waals surface area (Å²) in [5.74, 6) is -0.0322. The molecule has 152 valence electrons. The molecule has 0 bridgehead atoms. The molecule has 0 unspecified atom stereocenters. The van der Waals surface area contributed by atoms with Crippen molar-refractivity contribution in [2.24, 2.45) is 0 Å². The van der Waals surface area contributed by atoms with E-state index in [0.717, 1.165) is 44.8 Å². The monoisotopic (exact) mass is 397 g/mol. The van der Waals surface area contributed by atoms with E-state index in [1.54, 1.807) is 6.07 Å². The highest BCUT2D eigenvalue weighted by Gasteiger charge is 2.19. The van der Waals surface area contributed by atoms with Gasteiger partial charge in [0.2, 0.25) is 15.9 Å². The molecular weight excluding hydrogens is 366 g/mol. The number of hydrogen-bond donors (Lipinski definition) is 1. The van der Waals surface area contributed by atoms with Crippen molar-refractivity contribution in [1.29, 1.82) is 0 Å². The Kier molecular flexibility index (Phi) is 8.53. The van der Waals surface area contributed by atoms with Gasteiger partial charge in [0.1, 0.15) is 0 Å². The highest BCUT2D eigenvalue weighted by atomic mass is 32.2. The number of benzene rings is 1. The van der Waals surface area contributed by atoms with Crippen LogP contribution in [0.1, 0.15) is 24.8 Å². The Morgan fingerprint density at radius 3 is 2.59 bits per heavy atom. The second-order valence-corrected chi connectivity index (χ2v) is 8.79. The number of rotatable bonds is 10. The summed E-state index contributed by atoms with van der Waals surface area (Å²) in [6, 6.07) is 7.38. The van der Waals surface area contributed by atoms with Crippen LogP contribution in [0.2, 0.25) is 0 Å². The standard InChI is InChI=1S/C19H31N3O4S/c1-17-7-3-4-8-18(17)22(27(2,24)25)12-5-9-19(23)20-10-6-11-21-13-15-26-16-14-21/h3-4,7-8H,5-6,9-16H2,1-2H3,(H,20,23). The van der Waals surface area contributed by atoms with Gasteiger partial charge in [-0.3, -0.25) is 14.0 Å². The number of para-hydroxylation sites is 1. The van der Waals surface area contributed by atoms with Gasteiger partial charge in [-0.05, 0) is 37.9 Å². The van der Waals surface area contributed by atoms with E-state index in [2.05, 4.69) is 10.2 Å². The maximum Gasteiger partial charge on any atom is 0.232 e. The average Bonchev–Trinajstić information content (AvgIpc) is 2.63. The van der Waals surface area contributed by atoms with Crippen molar-refractivity contribution in [3.8, 4) is 0 Å². The normalized spacial score (nSPS) is 15.5. The molecule has 7 nitrogen and oxygen atoms in total. The number of aryl methyl sites for hydroxylation is 1. The van der Waals surface area contributed by atoms with Crippen LogP contribution >= 0.6 is 0 Å². The SMILES string of the molecule is Cc1ccccc1N(CCCC(=O)NCCCN1CCOCC1)S(C)(=O)=O. The minimum Gasteiger partial charge on any atom is -0.379 e. The maximum atomic E-state index is 12.1. The number of nitrogens with zero attached hydrogens (tertiary/aromatic N) is 2. The van der Waals surface area contributed by atoms with Crippen LogP contribution in [0.4, 0.5) is 5.69 Å². The molecule has 0 aliphatic carbocycles. The van der Waals surface area contributed by atoms with E-state index in [1.165, 1.54) is 10.6 Å². The van der Waals surface area contributed by atoms with Gasteiger partial charge in [0.25, 0.3) is 0 Å². The quantitative estimate of drug-likeness (QED) is 0.604. The molecule has 27 heavy (non-hydrogen) atoms. The van der Waals surface area contributed by atoms with Gasteiger partial charge in [0.05, 0.1) is 25.2 Å². The smallest absolute Gasteiger partial charge is 0.232 e. The zero-order valence-electron chi connectivity index (χ0n) is 16.3. The third kappa shape index (κ3) is 7.48. The van der Waals surface area contributed by atoms with Crippen molar-refractivity contribution < 1.29 is 17.9 Å². The average molecular weight is 398 g/mol. The van der Waals surface area contributed by atoms with E-state index in [-0.39, 0.29) is 5.91 Å². The van der Waals surface area contributed by atoms with Crippen molar-refractivity contribution in [1.82, 2.24) is 10.2 Å². The van der Waals surface area contributed by atoms with Crippen LogP contribution in [0.5, 0.6) is 0 Å². The molecule has 1 fully saturated rings. The number of carbonyl (C=O) groups is 1. The summed E-state index contributed by atoms with van der Waals surface area (Å²) in [5.41, 5.74) is 1.57. The van der Waals surface area contributed by atoms with Crippen molar-refractivity contribution in [3.05, 3.63) is 29.8 Å². The van der Waals surface area contributed by atoms with E-state index in [1.807, 2.05) is 25.1 Å². The zero-order valence-corrected chi connectivity index (χ0v) is 17.1. The molecule has 0 atom stereocenters. The third-order valence-electron chi connectivity index (χ3n) is 4.63. The molecule has 2 rings (SSSR count). The second-order valence-electron chi connectivity index (χ2n) is 6.88. The maximum absolute atomic E-state index is 12.1. The van der Waals surface area contributed by atoms with Gasteiger partial charge < -0.3 is 10.1 Å². The largest absolute Gasteiger partial charge is 0.379 e. The lowest BCUT2D eigenvalue weighted by Crippen LogP contribution is -2.38. The molecule has 0 radical (unpaired) electrons. The van der Waals surface area contributed by atoms with E-state index >= 15 is 0 Å². The molecule has 1 N–H and O–H groups in total. The van der Waals surface area contributed by atoms with E-state index in [9.17, 15) is 13.2 Å². The Morgan fingerprint density at radius 2 is 1.93 bits per heavy atom. The van der Waals surface area contributed by atoms with E-state index < -0.39 is 10.0 Å². The first-order chi connectivity index (χ1) is 12.9. The lowest BCUT2D eigenvalue weighted by molar-refractivity contribution is -0.121. The predicted molar refractivity (Wildman–Crippen MR) is 107 cm³/mol. The first-order valence-corrected chi connectivity index (χ1v) is 11.3. The van der Waals surface area contributed by atoms with Crippen LogP contribution < -0.4 is 9.62 Å². The van der Waals surface area contributed by atoms with Crippen LogP contribution in [0.15, 0.2) is 24.3 Å². The fraction of sp³-hybridized carbons (Fsp3) is 0.632. The van der Waals surface area contributed by atoms with Crippen LogP contribution in [-0.4, -0.2) is 71.4 Å². The van der Waals surface area contributed by atoms with Crippen LogP contribution in [0.3, 0.4) is 0 Å². The molecule has 1 heterocycles. The number of anilines is 1. The Bertz CT molecular complexity index is 703. The topological polar surface area (TPSA) is 79.0 Å².